The fraction of sp³-hybridized carbons (Fsp3) is 0.273. The fourth-order valence-electron chi connectivity index (χ4n) is 3.32. The summed E-state index contributed by atoms with van der Waals surface area (Å²) >= 11 is 0. The quantitative estimate of drug-likeness (QED) is 0.574. The normalized spacial score (nSPS) is 15.8. The summed E-state index contributed by atoms with van der Waals surface area (Å²) in [6.45, 7) is 6.32. The molecule has 7 heteroatoms. The fourth-order valence-corrected chi connectivity index (χ4v) is 3.32. The van der Waals surface area contributed by atoms with Crippen LogP contribution in [0.5, 0.6) is 0 Å². The predicted molar refractivity (Wildman–Crippen MR) is 109 cm³/mol. The summed E-state index contributed by atoms with van der Waals surface area (Å²) in [5.41, 5.74) is 5.29. The molecule has 3 rings (SSSR count). The lowest BCUT2D eigenvalue weighted by molar-refractivity contribution is -0.137. The van der Waals surface area contributed by atoms with Crippen LogP contribution >= 0.6 is 0 Å². The van der Waals surface area contributed by atoms with Gasteiger partial charge in [0, 0.05) is 23.9 Å². The Kier molecular flexibility index (Phi) is 5.26. The zero-order valence-electron chi connectivity index (χ0n) is 16.6. The summed E-state index contributed by atoms with van der Waals surface area (Å²) in [7, 11) is 2.03. The summed E-state index contributed by atoms with van der Waals surface area (Å²) in [5.74, 6) is -0.706. The highest BCUT2D eigenvalue weighted by Crippen LogP contribution is 2.37. The Morgan fingerprint density at radius 2 is 1.90 bits per heavy atom. The average molecular weight is 401 g/mol. The molecule has 1 amide bonds. The van der Waals surface area contributed by atoms with E-state index in [1.807, 2.05) is 32.2 Å². The number of hydrogen-bond acceptors (Lipinski definition) is 3. The van der Waals surface area contributed by atoms with Crippen molar-refractivity contribution in [3.05, 3.63) is 70.8 Å². The van der Waals surface area contributed by atoms with Crippen LogP contribution in [0.4, 0.5) is 18.9 Å². The van der Waals surface area contributed by atoms with Gasteiger partial charge in [0.2, 0.25) is 0 Å². The van der Waals surface area contributed by atoms with E-state index in [1.54, 1.807) is 0 Å². The van der Waals surface area contributed by atoms with Crippen LogP contribution in [0.3, 0.4) is 0 Å². The number of halogens is 3. The summed E-state index contributed by atoms with van der Waals surface area (Å²) in [6, 6.07) is 10.1. The number of likely N-dealkylation sites (N-methyl/N-ethyl adjacent to an activating group) is 1. The van der Waals surface area contributed by atoms with Crippen LogP contribution in [0.25, 0.3) is 5.57 Å². The number of alkyl halides is 3. The number of carbonyl (C=O) groups is 1. The molecule has 0 fully saturated rings. The molecule has 0 saturated carbocycles. The third kappa shape index (κ3) is 4.34. The highest BCUT2D eigenvalue weighted by molar-refractivity contribution is 5.95. The molecule has 1 N–H and O–H groups in total. The van der Waals surface area contributed by atoms with Gasteiger partial charge in [0.05, 0.1) is 17.3 Å². The molecule has 1 aliphatic rings. The van der Waals surface area contributed by atoms with E-state index in [1.165, 1.54) is 18.3 Å². The number of anilines is 1. The third-order valence-electron chi connectivity index (χ3n) is 5.07. The predicted octanol–water partition coefficient (Wildman–Crippen LogP) is 5.10. The van der Waals surface area contributed by atoms with Crippen LogP contribution in [0, 0.1) is 0 Å². The summed E-state index contributed by atoms with van der Waals surface area (Å²) in [5, 5.41) is 3.89. The topological polar surface area (TPSA) is 44.7 Å². The lowest BCUT2D eigenvalue weighted by Crippen LogP contribution is -2.42. The molecule has 152 valence electrons. The van der Waals surface area contributed by atoms with E-state index in [0.717, 1.165) is 34.5 Å². The van der Waals surface area contributed by atoms with Crippen molar-refractivity contribution in [3.8, 4) is 0 Å². The molecule has 1 aliphatic heterocycles. The molecular formula is C22H22F3N3O. The van der Waals surface area contributed by atoms with E-state index in [4.69, 9.17) is 0 Å². The minimum atomic E-state index is -4.50. The van der Waals surface area contributed by atoms with Crippen LogP contribution < -0.4 is 10.3 Å². The van der Waals surface area contributed by atoms with Crippen molar-refractivity contribution < 1.29 is 18.0 Å². The molecule has 0 radical (unpaired) electrons. The molecule has 0 saturated heterocycles. The van der Waals surface area contributed by atoms with Gasteiger partial charge in [-0.1, -0.05) is 18.2 Å². The van der Waals surface area contributed by atoms with Gasteiger partial charge in [0.1, 0.15) is 0 Å². The van der Waals surface area contributed by atoms with Gasteiger partial charge >= 0.3 is 6.18 Å². The minimum Gasteiger partial charge on any atom is -0.366 e. The minimum absolute atomic E-state index is 0.0917. The van der Waals surface area contributed by atoms with E-state index in [2.05, 4.69) is 35.4 Å². The highest BCUT2D eigenvalue weighted by atomic mass is 19.4. The van der Waals surface area contributed by atoms with Gasteiger partial charge in [0.25, 0.3) is 5.91 Å². The summed E-state index contributed by atoms with van der Waals surface area (Å²) in [4.78, 5) is 14.3. The number of allylic oxidation sites excluding steroid dienone is 1. The Hall–Kier alpha value is -3.09. The Bertz CT molecular complexity index is 1010. The van der Waals surface area contributed by atoms with Crippen LogP contribution in [0.15, 0.2) is 53.6 Å². The van der Waals surface area contributed by atoms with E-state index in [9.17, 15) is 18.0 Å². The summed E-state index contributed by atoms with van der Waals surface area (Å²) in [6.07, 6.45) is -0.847. The Labute approximate surface area is 167 Å². The SMILES string of the molecule is CC1=CC(C)(C)N(C)c2ccc(/C=N/NC(=O)c3cccc(C(F)(F)F)c3)cc21. The van der Waals surface area contributed by atoms with Gasteiger partial charge in [-0.3, -0.25) is 4.79 Å². The number of nitrogens with zero attached hydrogens (tertiary/aromatic N) is 2. The van der Waals surface area contributed by atoms with Crippen molar-refractivity contribution in [2.45, 2.75) is 32.5 Å². The third-order valence-corrected chi connectivity index (χ3v) is 5.07. The lowest BCUT2D eigenvalue weighted by atomic mass is 9.89. The molecule has 0 aliphatic carbocycles. The molecule has 0 unspecified atom stereocenters. The van der Waals surface area contributed by atoms with Gasteiger partial charge in [-0.15, -0.1) is 0 Å². The number of carbonyl (C=O) groups excluding carboxylic acids is 1. The molecule has 0 bridgehead atoms. The number of fused-ring (bicyclic) bond motifs is 1. The molecule has 4 nitrogen and oxygen atoms in total. The monoisotopic (exact) mass is 401 g/mol. The van der Waals surface area contributed by atoms with Gasteiger partial charge in [-0.25, -0.2) is 5.43 Å². The van der Waals surface area contributed by atoms with Crippen LogP contribution in [-0.4, -0.2) is 24.7 Å². The first-order chi connectivity index (χ1) is 13.5. The van der Waals surface area contributed by atoms with Gasteiger partial charge in [-0.05, 0) is 62.2 Å². The molecule has 2 aromatic rings. The van der Waals surface area contributed by atoms with Crippen LogP contribution in [0.1, 0.15) is 47.8 Å². The first-order valence-corrected chi connectivity index (χ1v) is 9.07. The standard InChI is InChI=1S/C22H22F3N3O/c1-14-12-21(2,3)28(4)19-9-8-15(10-18(14)19)13-26-27-20(29)16-6-5-7-17(11-16)22(23,24)25/h5-13H,1-4H3,(H,27,29)/b26-13+. The molecule has 1 heterocycles. The van der Waals surface area contributed by atoms with Gasteiger partial charge < -0.3 is 4.90 Å². The van der Waals surface area contributed by atoms with Gasteiger partial charge in [0.15, 0.2) is 0 Å². The van der Waals surface area contributed by atoms with Crippen molar-refractivity contribution in [1.29, 1.82) is 0 Å². The Morgan fingerprint density at radius 3 is 2.59 bits per heavy atom. The second kappa shape index (κ2) is 7.39. The molecule has 2 aromatic carbocycles. The molecule has 29 heavy (non-hydrogen) atoms. The Balaban J connectivity index is 1.75. The van der Waals surface area contributed by atoms with E-state index >= 15 is 0 Å². The van der Waals surface area contributed by atoms with E-state index < -0.39 is 17.6 Å². The number of amides is 1. The number of benzene rings is 2. The Morgan fingerprint density at radius 1 is 1.17 bits per heavy atom. The second-order valence-electron chi connectivity index (χ2n) is 7.59. The number of rotatable bonds is 3. The maximum absolute atomic E-state index is 12.8. The van der Waals surface area contributed by atoms with Gasteiger partial charge in [-0.2, -0.15) is 18.3 Å². The van der Waals surface area contributed by atoms with Crippen molar-refractivity contribution in [2.75, 3.05) is 11.9 Å². The lowest BCUT2D eigenvalue weighted by Gasteiger charge is -2.40. The van der Waals surface area contributed by atoms with Crippen molar-refractivity contribution >= 4 is 23.4 Å². The van der Waals surface area contributed by atoms with Crippen molar-refractivity contribution in [3.63, 3.8) is 0 Å². The largest absolute Gasteiger partial charge is 0.416 e. The summed E-state index contributed by atoms with van der Waals surface area (Å²) < 4.78 is 38.3. The first-order valence-electron chi connectivity index (χ1n) is 9.07. The van der Waals surface area contributed by atoms with E-state index in [0.29, 0.717) is 0 Å². The second-order valence-corrected chi connectivity index (χ2v) is 7.59. The van der Waals surface area contributed by atoms with Crippen LogP contribution in [0.2, 0.25) is 0 Å². The first kappa shape index (κ1) is 20.6. The van der Waals surface area contributed by atoms with Crippen molar-refractivity contribution in [1.82, 2.24) is 5.43 Å². The number of nitrogens with one attached hydrogen (secondary N) is 1. The zero-order chi connectivity index (χ0) is 21.4. The molecule has 0 spiro atoms. The molecular weight excluding hydrogens is 379 g/mol. The van der Waals surface area contributed by atoms with Crippen molar-refractivity contribution in [2.24, 2.45) is 5.10 Å². The number of hydrogen-bond donors (Lipinski definition) is 1. The molecule has 0 atom stereocenters. The van der Waals surface area contributed by atoms with Crippen LogP contribution in [-0.2, 0) is 6.18 Å². The average Bonchev–Trinajstić information content (AvgIpc) is 2.65. The maximum atomic E-state index is 12.8. The number of hydrazone groups is 1. The highest BCUT2D eigenvalue weighted by Gasteiger charge is 2.31. The van der Waals surface area contributed by atoms with E-state index in [-0.39, 0.29) is 11.1 Å². The zero-order valence-corrected chi connectivity index (χ0v) is 16.6. The molecule has 0 aromatic heterocycles. The smallest absolute Gasteiger partial charge is 0.366 e. The maximum Gasteiger partial charge on any atom is 0.416 e.